The second-order valence-electron chi connectivity index (χ2n) is 6.04. The van der Waals surface area contributed by atoms with Gasteiger partial charge < -0.3 is 14.4 Å². The van der Waals surface area contributed by atoms with E-state index in [2.05, 4.69) is 25.5 Å². The third-order valence-electron chi connectivity index (χ3n) is 4.24. The number of aryl methyl sites for hydroxylation is 3. The Labute approximate surface area is 166 Å². The molecule has 3 aromatic heterocycles. The van der Waals surface area contributed by atoms with E-state index in [-0.39, 0.29) is 6.47 Å². The van der Waals surface area contributed by atoms with Gasteiger partial charge in [-0.15, -0.1) is 5.10 Å². The number of hydrogen-bond acceptors (Lipinski definition) is 7. The van der Waals surface area contributed by atoms with Gasteiger partial charge in [-0.2, -0.15) is 4.68 Å². The lowest BCUT2D eigenvalue weighted by Crippen LogP contribution is -2.03. The number of aromatic nitrogens is 8. The highest BCUT2D eigenvalue weighted by Gasteiger charge is 2.14. The number of methoxy groups -OCH3 is 1. The van der Waals surface area contributed by atoms with Gasteiger partial charge in [0.25, 0.3) is 6.47 Å². The van der Waals surface area contributed by atoms with E-state index in [1.54, 1.807) is 18.0 Å². The van der Waals surface area contributed by atoms with E-state index in [0.717, 1.165) is 28.7 Å². The van der Waals surface area contributed by atoms with Gasteiger partial charge in [-0.3, -0.25) is 9.36 Å². The van der Waals surface area contributed by atoms with Crippen molar-refractivity contribution in [3.63, 3.8) is 0 Å². The van der Waals surface area contributed by atoms with Crippen LogP contribution in [-0.4, -0.2) is 58.0 Å². The van der Waals surface area contributed by atoms with Gasteiger partial charge in [0.1, 0.15) is 17.3 Å². The first-order chi connectivity index (χ1) is 14.0. The number of ether oxygens (including phenoxy) is 1. The molecule has 0 saturated heterocycles. The lowest BCUT2D eigenvalue weighted by Gasteiger charge is -2.11. The monoisotopic (exact) mass is 396 g/mol. The highest BCUT2D eigenvalue weighted by molar-refractivity contribution is 5.57. The molecular formula is C18H20N8O3. The molecule has 29 heavy (non-hydrogen) atoms. The number of hydrogen-bond donors (Lipinski definition) is 1. The zero-order chi connectivity index (χ0) is 21.0. The molecule has 1 aromatic carbocycles. The molecule has 150 valence electrons. The number of carboxylic acid groups (broad SMARTS) is 1. The molecule has 11 heteroatoms. The fraction of sp³-hybridized carbons (Fsp3) is 0.222. The number of tetrazole rings is 1. The molecule has 1 N–H and O–H groups in total. The average Bonchev–Trinajstić information content (AvgIpc) is 3.43. The van der Waals surface area contributed by atoms with Crippen LogP contribution in [-0.2, 0) is 11.8 Å². The fourth-order valence-electron chi connectivity index (χ4n) is 2.79. The van der Waals surface area contributed by atoms with Crippen LogP contribution in [0.15, 0.2) is 36.8 Å². The Morgan fingerprint density at radius 2 is 1.86 bits per heavy atom. The predicted molar refractivity (Wildman–Crippen MR) is 103 cm³/mol. The average molecular weight is 396 g/mol. The maximum atomic E-state index is 8.36. The molecule has 0 unspecified atom stereocenters. The second-order valence-corrected chi connectivity index (χ2v) is 6.04. The molecule has 0 aliphatic heterocycles. The molecule has 0 fully saturated rings. The number of imidazole rings is 2. The quantitative estimate of drug-likeness (QED) is 0.515. The fourth-order valence-corrected chi connectivity index (χ4v) is 2.79. The minimum atomic E-state index is -0.250. The summed E-state index contributed by atoms with van der Waals surface area (Å²) in [6, 6.07) is 5.80. The summed E-state index contributed by atoms with van der Waals surface area (Å²) in [5, 5.41) is 18.6. The van der Waals surface area contributed by atoms with Gasteiger partial charge in [-0.1, -0.05) is 0 Å². The van der Waals surface area contributed by atoms with Crippen molar-refractivity contribution in [3.05, 3.63) is 48.4 Å². The van der Waals surface area contributed by atoms with Crippen molar-refractivity contribution in [3.8, 4) is 28.6 Å². The molecule has 0 saturated carbocycles. The topological polar surface area (TPSA) is 126 Å². The summed E-state index contributed by atoms with van der Waals surface area (Å²) in [5.41, 5.74) is 2.49. The van der Waals surface area contributed by atoms with Crippen LogP contribution >= 0.6 is 0 Å². The van der Waals surface area contributed by atoms with Gasteiger partial charge in [0, 0.05) is 37.8 Å². The standard InChI is InChI=1S/C17H18N8O.CH2O2/c1-11-19-16(10-23(11)3)17-18-5-6-24(17)13-7-14(9-15(8-13)26-4)25-12(2)20-21-22-25;2-1-3/h5-10H,1-4H3;1H,(H,2,3). The van der Waals surface area contributed by atoms with Crippen LogP contribution in [0.2, 0.25) is 0 Å². The summed E-state index contributed by atoms with van der Waals surface area (Å²) in [7, 11) is 3.59. The van der Waals surface area contributed by atoms with Crippen LogP contribution in [0.3, 0.4) is 0 Å². The van der Waals surface area contributed by atoms with Crippen molar-refractivity contribution in [2.75, 3.05) is 7.11 Å². The van der Waals surface area contributed by atoms with Crippen LogP contribution < -0.4 is 4.74 Å². The number of benzene rings is 1. The van der Waals surface area contributed by atoms with Gasteiger partial charge in [0.05, 0.1) is 18.5 Å². The molecule has 0 amide bonds. The molecule has 11 nitrogen and oxygen atoms in total. The zero-order valence-corrected chi connectivity index (χ0v) is 16.4. The largest absolute Gasteiger partial charge is 0.497 e. The van der Waals surface area contributed by atoms with E-state index in [1.165, 1.54) is 0 Å². The van der Waals surface area contributed by atoms with Gasteiger partial charge in [-0.25, -0.2) is 9.97 Å². The maximum Gasteiger partial charge on any atom is 0.290 e. The van der Waals surface area contributed by atoms with Crippen LogP contribution in [0, 0.1) is 13.8 Å². The number of rotatable bonds is 4. The third-order valence-corrected chi connectivity index (χ3v) is 4.24. The molecular weight excluding hydrogens is 376 g/mol. The molecule has 0 bridgehead atoms. The Bertz CT molecular complexity index is 1110. The third kappa shape index (κ3) is 3.98. The van der Waals surface area contributed by atoms with E-state index in [0.29, 0.717) is 11.6 Å². The molecule has 4 aromatic rings. The van der Waals surface area contributed by atoms with Crippen molar-refractivity contribution < 1.29 is 14.6 Å². The van der Waals surface area contributed by atoms with E-state index in [1.807, 2.05) is 60.6 Å². The Hall–Kier alpha value is -4.02. The summed E-state index contributed by atoms with van der Waals surface area (Å²) >= 11 is 0. The van der Waals surface area contributed by atoms with Crippen molar-refractivity contribution in [2.45, 2.75) is 13.8 Å². The summed E-state index contributed by atoms with van der Waals surface area (Å²) < 4.78 is 11.1. The van der Waals surface area contributed by atoms with Crippen molar-refractivity contribution in [2.24, 2.45) is 7.05 Å². The Kier molecular flexibility index (Phi) is 5.67. The molecule has 0 aliphatic rings. The smallest absolute Gasteiger partial charge is 0.290 e. The van der Waals surface area contributed by atoms with E-state index >= 15 is 0 Å². The predicted octanol–water partition coefficient (Wildman–Crippen LogP) is 1.57. The van der Waals surface area contributed by atoms with E-state index in [9.17, 15) is 0 Å². The van der Waals surface area contributed by atoms with E-state index in [4.69, 9.17) is 14.6 Å². The Morgan fingerprint density at radius 1 is 1.14 bits per heavy atom. The highest BCUT2D eigenvalue weighted by Crippen LogP contribution is 2.26. The molecule has 0 radical (unpaired) electrons. The lowest BCUT2D eigenvalue weighted by atomic mass is 10.2. The Balaban J connectivity index is 0.000000755. The first-order valence-electron chi connectivity index (χ1n) is 8.54. The summed E-state index contributed by atoms with van der Waals surface area (Å²) in [6.45, 7) is 3.55. The molecule has 4 rings (SSSR count). The van der Waals surface area contributed by atoms with Crippen molar-refractivity contribution >= 4 is 6.47 Å². The molecule has 3 heterocycles. The van der Waals surface area contributed by atoms with Crippen LogP contribution in [0.1, 0.15) is 11.6 Å². The second kappa shape index (κ2) is 8.33. The zero-order valence-electron chi connectivity index (χ0n) is 16.4. The minimum Gasteiger partial charge on any atom is -0.497 e. The molecule has 0 aliphatic carbocycles. The summed E-state index contributed by atoms with van der Waals surface area (Å²) in [5.74, 6) is 3.06. The van der Waals surface area contributed by atoms with Gasteiger partial charge in [-0.05, 0) is 30.3 Å². The van der Waals surface area contributed by atoms with Crippen LogP contribution in [0.4, 0.5) is 0 Å². The summed E-state index contributed by atoms with van der Waals surface area (Å²) in [4.78, 5) is 17.4. The molecule has 0 spiro atoms. The highest BCUT2D eigenvalue weighted by atomic mass is 16.5. The SMILES string of the molecule is COc1cc(-n2ccnc2-c2cn(C)c(C)n2)cc(-n2nnnc2C)c1.O=CO. The first kappa shape index (κ1) is 19.7. The minimum absolute atomic E-state index is 0.250. The Morgan fingerprint density at radius 3 is 2.45 bits per heavy atom. The van der Waals surface area contributed by atoms with Crippen molar-refractivity contribution in [1.82, 2.24) is 39.3 Å². The summed E-state index contributed by atoms with van der Waals surface area (Å²) in [6.07, 6.45) is 5.60. The number of carbonyl (C=O) groups is 1. The van der Waals surface area contributed by atoms with Gasteiger partial charge >= 0.3 is 0 Å². The first-order valence-corrected chi connectivity index (χ1v) is 8.54. The van der Waals surface area contributed by atoms with Crippen molar-refractivity contribution in [1.29, 1.82) is 0 Å². The normalized spacial score (nSPS) is 10.3. The van der Waals surface area contributed by atoms with Gasteiger partial charge in [0.15, 0.2) is 11.6 Å². The maximum absolute atomic E-state index is 8.36. The molecule has 0 atom stereocenters. The number of nitrogens with zero attached hydrogens (tertiary/aromatic N) is 8. The van der Waals surface area contributed by atoms with E-state index < -0.39 is 0 Å². The van der Waals surface area contributed by atoms with Crippen LogP contribution in [0.5, 0.6) is 5.75 Å². The lowest BCUT2D eigenvalue weighted by molar-refractivity contribution is -0.122. The van der Waals surface area contributed by atoms with Crippen LogP contribution in [0.25, 0.3) is 22.9 Å². The van der Waals surface area contributed by atoms with Gasteiger partial charge in [0.2, 0.25) is 0 Å².